The van der Waals surface area contributed by atoms with Crippen LogP contribution in [0.2, 0.25) is 0 Å². The van der Waals surface area contributed by atoms with Gasteiger partial charge in [-0.2, -0.15) is 4.98 Å². The van der Waals surface area contributed by atoms with Gasteiger partial charge in [-0.25, -0.2) is 9.97 Å². The molecule has 1 aromatic carbocycles. The van der Waals surface area contributed by atoms with Crippen molar-refractivity contribution in [1.82, 2.24) is 25.6 Å². The van der Waals surface area contributed by atoms with E-state index < -0.39 is 0 Å². The fourth-order valence-corrected chi connectivity index (χ4v) is 4.02. The highest BCUT2D eigenvalue weighted by molar-refractivity contribution is 5.87. The smallest absolute Gasteiger partial charge is 0.229 e. The van der Waals surface area contributed by atoms with Crippen LogP contribution in [0.1, 0.15) is 30.9 Å². The highest BCUT2D eigenvalue weighted by atomic mass is 16.1. The quantitative estimate of drug-likeness (QED) is 0.175. The summed E-state index contributed by atoms with van der Waals surface area (Å²) < 4.78 is 0. The zero-order valence-electron chi connectivity index (χ0n) is 22.5. The average Bonchev–Trinajstić information content (AvgIpc) is 2.95. The maximum atomic E-state index is 9.29. The van der Waals surface area contributed by atoms with Crippen molar-refractivity contribution in [2.24, 2.45) is 0 Å². The molecule has 6 N–H and O–H groups in total. The molecule has 0 bridgehead atoms. The molecule has 11 nitrogen and oxygen atoms in total. The minimum absolute atomic E-state index is 0.471. The number of rotatable bonds is 10. The number of carbonyl (C=O) groups is 1. The fourth-order valence-electron chi connectivity index (χ4n) is 4.02. The zero-order valence-corrected chi connectivity index (χ0v) is 22.5. The minimum atomic E-state index is 0.471. The van der Waals surface area contributed by atoms with Crippen molar-refractivity contribution in [3.8, 4) is 0 Å². The van der Waals surface area contributed by atoms with Crippen molar-refractivity contribution >= 4 is 47.4 Å². The summed E-state index contributed by atoms with van der Waals surface area (Å²) in [6, 6.07) is 12.2. The Balaban J connectivity index is 0.000000732. The monoisotopic (exact) mass is 518 g/mol. The number of hydrogen-bond donors (Lipinski definition) is 6. The summed E-state index contributed by atoms with van der Waals surface area (Å²) in [5.41, 5.74) is 3.41. The highest BCUT2D eigenvalue weighted by Gasteiger charge is 2.19. The zero-order chi connectivity index (χ0) is 27.3. The molecule has 38 heavy (non-hydrogen) atoms. The Labute approximate surface area is 224 Å². The largest absolute Gasteiger partial charge is 0.388 e. The van der Waals surface area contributed by atoms with Crippen molar-refractivity contribution in [3.05, 3.63) is 53.7 Å². The number of nitrogens with zero attached hydrogens (tertiary/aromatic N) is 4. The summed E-state index contributed by atoms with van der Waals surface area (Å²) in [5.74, 6) is 2.85. The third kappa shape index (κ3) is 7.87. The number of aryl methyl sites for hydroxylation is 1. The summed E-state index contributed by atoms with van der Waals surface area (Å²) in [6.07, 6.45) is 6.01. The van der Waals surface area contributed by atoms with E-state index in [0.29, 0.717) is 24.2 Å². The van der Waals surface area contributed by atoms with E-state index in [-0.39, 0.29) is 0 Å². The molecule has 0 radical (unpaired) electrons. The van der Waals surface area contributed by atoms with E-state index in [1.165, 1.54) is 6.21 Å². The number of benzene rings is 1. The minimum Gasteiger partial charge on any atom is -0.388 e. The summed E-state index contributed by atoms with van der Waals surface area (Å²) in [5, 5.41) is 23.1. The second kappa shape index (κ2) is 14.5. The van der Waals surface area contributed by atoms with Crippen molar-refractivity contribution in [1.29, 1.82) is 5.41 Å². The number of anilines is 6. The first-order chi connectivity index (χ1) is 18.5. The predicted octanol–water partition coefficient (Wildman–Crippen LogP) is 3.65. The van der Waals surface area contributed by atoms with Crippen LogP contribution in [0, 0.1) is 12.3 Å². The second-order valence-electron chi connectivity index (χ2n) is 8.82. The molecule has 11 heteroatoms. The van der Waals surface area contributed by atoms with Gasteiger partial charge in [0.05, 0.1) is 0 Å². The van der Waals surface area contributed by atoms with Crippen LogP contribution < -0.4 is 31.5 Å². The maximum Gasteiger partial charge on any atom is 0.229 e. The van der Waals surface area contributed by atoms with E-state index >= 15 is 0 Å². The fraction of sp³-hybridized carbons (Fsp3) is 0.370. The lowest BCUT2D eigenvalue weighted by Crippen LogP contribution is -2.41. The van der Waals surface area contributed by atoms with Crippen molar-refractivity contribution in [3.63, 3.8) is 0 Å². The van der Waals surface area contributed by atoms with Gasteiger partial charge in [-0.3, -0.25) is 4.79 Å². The normalized spacial score (nSPS) is 12.9. The van der Waals surface area contributed by atoms with E-state index in [1.807, 2.05) is 57.3 Å². The SMILES string of the molecule is CCNC=O.CNc1ccc(Nc2ncc(C)c(Nc3cccc(N(C)C4CCNCC4)n3)n2)cc1C=N. The highest BCUT2D eigenvalue weighted by Crippen LogP contribution is 2.25. The molecule has 1 aliphatic rings. The first-order valence-electron chi connectivity index (χ1n) is 12.8. The number of aromatic nitrogens is 3. The Kier molecular flexibility index (Phi) is 10.8. The Hall–Kier alpha value is -4.25. The van der Waals surface area contributed by atoms with E-state index in [0.717, 1.165) is 66.6 Å². The number of amides is 1. The standard InChI is InChI=1S/C24H31N9.C3H7NO/c1-16-15-28-24(29-18-7-8-20(26-2)17(13-18)14-25)32-23(16)31-21-5-4-6-22(30-21)33(3)19-9-11-27-12-10-19;1-2-4-3-5/h4-8,13-15,19,25-27H,9-12H2,1-3H3,(H2,28,29,30,31,32);3H,2H2,1H3,(H,4,5). The molecule has 0 aliphatic carbocycles. The second-order valence-corrected chi connectivity index (χ2v) is 8.82. The van der Waals surface area contributed by atoms with Crippen LogP contribution in [0.5, 0.6) is 0 Å². The van der Waals surface area contributed by atoms with Gasteiger partial charge in [-0.1, -0.05) is 6.07 Å². The molecule has 3 heterocycles. The Morgan fingerprint density at radius 1 is 1.16 bits per heavy atom. The van der Waals surface area contributed by atoms with Gasteiger partial charge < -0.3 is 36.9 Å². The lowest BCUT2D eigenvalue weighted by atomic mass is 10.1. The van der Waals surface area contributed by atoms with Crippen molar-refractivity contribution in [2.45, 2.75) is 32.7 Å². The van der Waals surface area contributed by atoms with E-state index in [2.05, 4.69) is 48.5 Å². The lowest BCUT2D eigenvalue weighted by molar-refractivity contribution is -0.109. The molecule has 0 atom stereocenters. The molecule has 0 saturated carbocycles. The van der Waals surface area contributed by atoms with E-state index in [9.17, 15) is 4.79 Å². The van der Waals surface area contributed by atoms with E-state index in [4.69, 9.17) is 10.4 Å². The van der Waals surface area contributed by atoms with Gasteiger partial charge in [0.15, 0.2) is 0 Å². The number of hydrogen-bond acceptors (Lipinski definition) is 10. The molecule has 3 aromatic rings. The Morgan fingerprint density at radius 2 is 1.95 bits per heavy atom. The van der Waals surface area contributed by atoms with Crippen LogP contribution in [0.15, 0.2) is 42.6 Å². The van der Waals surface area contributed by atoms with Crippen LogP contribution in [0.25, 0.3) is 0 Å². The first-order valence-corrected chi connectivity index (χ1v) is 12.8. The number of piperidine rings is 1. The molecule has 1 amide bonds. The summed E-state index contributed by atoms with van der Waals surface area (Å²) in [7, 11) is 3.95. The molecular formula is C27H38N10O. The van der Waals surface area contributed by atoms with Gasteiger partial charge in [0, 0.05) is 61.6 Å². The molecule has 1 fully saturated rings. The molecule has 2 aromatic heterocycles. The maximum absolute atomic E-state index is 9.29. The van der Waals surface area contributed by atoms with Gasteiger partial charge in [0.25, 0.3) is 0 Å². The molecule has 1 saturated heterocycles. The number of nitrogens with one attached hydrogen (secondary N) is 6. The van der Waals surface area contributed by atoms with Crippen LogP contribution in [0.3, 0.4) is 0 Å². The molecule has 202 valence electrons. The van der Waals surface area contributed by atoms with Crippen LogP contribution in [-0.4, -0.2) is 67.3 Å². The predicted molar refractivity (Wildman–Crippen MR) is 155 cm³/mol. The van der Waals surface area contributed by atoms with Gasteiger partial charge in [0.2, 0.25) is 12.4 Å². The molecule has 1 aliphatic heterocycles. The summed E-state index contributed by atoms with van der Waals surface area (Å²) >= 11 is 0. The van der Waals surface area contributed by atoms with Crippen LogP contribution >= 0.6 is 0 Å². The van der Waals surface area contributed by atoms with Gasteiger partial charge in [0.1, 0.15) is 17.5 Å². The summed E-state index contributed by atoms with van der Waals surface area (Å²) in [6.45, 7) is 6.65. The van der Waals surface area contributed by atoms with Crippen molar-refractivity contribution < 1.29 is 4.79 Å². The van der Waals surface area contributed by atoms with Gasteiger partial charge in [-0.05, 0) is 70.1 Å². The van der Waals surface area contributed by atoms with Crippen LogP contribution in [-0.2, 0) is 4.79 Å². The third-order valence-corrected chi connectivity index (χ3v) is 6.19. The first kappa shape index (κ1) is 28.3. The van der Waals surface area contributed by atoms with Crippen LogP contribution in [0.4, 0.5) is 34.8 Å². The third-order valence-electron chi connectivity index (χ3n) is 6.19. The number of pyridine rings is 1. The lowest BCUT2D eigenvalue weighted by Gasteiger charge is -2.32. The number of carbonyl (C=O) groups excluding carboxylic acids is 1. The molecule has 0 unspecified atom stereocenters. The van der Waals surface area contributed by atoms with Gasteiger partial charge in [-0.15, -0.1) is 0 Å². The Morgan fingerprint density at radius 3 is 2.61 bits per heavy atom. The van der Waals surface area contributed by atoms with Gasteiger partial charge >= 0.3 is 0 Å². The average molecular weight is 519 g/mol. The van der Waals surface area contributed by atoms with E-state index in [1.54, 1.807) is 6.20 Å². The summed E-state index contributed by atoms with van der Waals surface area (Å²) in [4.78, 5) is 25.4. The molecule has 4 rings (SSSR count). The van der Waals surface area contributed by atoms with Crippen molar-refractivity contribution in [2.75, 3.05) is 54.6 Å². The Bertz CT molecular complexity index is 1200. The topological polar surface area (TPSA) is 143 Å². The molecular weight excluding hydrogens is 480 g/mol. The molecule has 0 spiro atoms.